The number of benzene rings is 2. The van der Waals surface area contributed by atoms with Gasteiger partial charge in [0.15, 0.2) is 0 Å². The normalized spacial score (nSPS) is 15.2. The van der Waals surface area contributed by atoms with Crippen molar-refractivity contribution in [3.05, 3.63) is 77.9 Å². The van der Waals surface area contributed by atoms with E-state index in [0.29, 0.717) is 6.54 Å². The second-order valence-electron chi connectivity index (χ2n) is 6.21. The molecule has 0 fully saturated rings. The average Bonchev–Trinajstić information content (AvgIpc) is 3.13. The standard InChI is InChI=1S/C19H18N2O/c1-19(22,12-21-9-8-20-13-21)16-6-7-18-15(11-16)10-14-4-2-3-5-17(14)18/h2-9,11,13,22H,10,12H2,1H3. The first kappa shape index (κ1) is 13.3. The molecule has 1 N–H and O–H groups in total. The molecule has 1 heterocycles. The zero-order valence-corrected chi connectivity index (χ0v) is 12.5. The smallest absolute Gasteiger partial charge is 0.105 e. The van der Waals surface area contributed by atoms with Crippen LogP contribution in [0.3, 0.4) is 0 Å². The van der Waals surface area contributed by atoms with Gasteiger partial charge in [0.2, 0.25) is 0 Å². The molecule has 22 heavy (non-hydrogen) atoms. The Kier molecular flexibility index (Phi) is 2.91. The van der Waals surface area contributed by atoms with Crippen molar-refractivity contribution in [1.82, 2.24) is 9.55 Å². The summed E-state index contributed by atoms with van der Waals surface area (Å²) in [7, 11) is 0. The molecule has 0 saturated heterocycles. The summed E-state index contributed by atoms with van der Waals surface area (Å²) in [5.41, 5.74) is 5.31. The van der Waals surface area contributed by atoms with Crippen LogP contribution in [0, 0.1) is 0 Å². The molecule has 4 rings (SSSR count). The van der Waals surface area contributed by atoms with Gasteiger partial charge in [-0.25, -0.2) is 4.98 Å². The van der Waals surface area contributed by atoms with Gasteiger partial charge >= 0.3 is 0 Å². The van der Waals surface area contributed by atoms with Crippen LogP contribution >= 0.6 is 0 Å². The van der Waals surface area contributed by atoms with E-state index in [2.05, 4.69) is 41.4 Å². The van der Waals surface area contributed by atoms with Crippen molar-refractivity contribution in [2.45, 2.75) is 25.5 Å². The topological polar surface area (TPSA) is 38.0 Å². The van der Waals surface area contributed by atoms with E-state index in [1.165, 1.54) is 22.3 Å². The molecule has 1 aliphatic carbocycles. The van der Waals surface area contributed by atoms with Crippen molar-refractivity contribution in [1.29, 1.82) is 0 Å². The molecule has 1 unspecified atom stereocenters. The number of hydrogen-bond donors (Lipinski definition) is 1. The number of imidazole rings is 1. The molecule has 1 aliphatic rings. The van der Waals surface area contributed by atoms with Crippen molar-refractivity contribution in [3.8, 4) is 11.1 Å². The Morgan fingerprint density at radius 2 is 1.95 bits per heavy atom. The number of hydrogen-bond acceptors (Lipinski definition) is 2. The Morgan fingerprint density at radius 1 is 1.14 bits per heavy atom. The molecule has 1 atom stereocenters. The predicted octanol–water partition coefficient (Wildman–Crippen LogP) is 3.36. The van der Waals surface area contributed by atoms with E-state index in [1.807, 2.05) is 23.8 Å². The number of aromatic nitrogens is 2. The van der Waals surface area contributed by atoms with Crippen LogP contribution in [0.2, 0.25) is 0 Å². The van der Waals surface area contributed by atoms with Crippen LogP contribution in [0.15, 0.2) is 61.2 Å². The molecular weight excluding hydrogens is 272 g/mol. The van der Waals surface area contributed by atoms with E-state index in [0.717, 1.165) is 12.0 Å². The molecule has 0 spiro atoms. The molecular formula is C19H18N2O. The minimum absolute atomic E-state index is 0.499. The third-order valence-electron chi connectivity index (χ3n) is 4.47. The van der Waals surface area contributed by atoms with Gasteiger partial charge in [0.1, 0.15) is 5.60 Å². The van der Waals surface area contributed by atoms with Crippen LogP contribution < -0.4 is 0 Å². The minimum Gasteiger partial charge on any atom is -0.384 e. The van der Waals surface area contributed by atoms with Gasteiger partial charge in [0.25, 0.3) is 0 Å². The van der Waals surface area contributed by atoms with Crippen LogP contribution in [0.5, 0.6) is 0 Å². The Labute approximate surface area is 129 Å². The van der Waals surface area contributed by atoms with E-state index in [-0.39, 0.29) is 0 Å². The molecule has 3 nitrogen and oxygen atoms in total. The zero-order valence-electron chi connectivity index (χ0n) is 12.5. The highest BCUT2D eigenvalue weighted by Gasteiger charge is 2.26. The first-order valence-electron chi connectivity index (χ1n) is 7.53. The maximum atomic E-state index is 10.9. The summed E-state index contributed by atoms with van der Waals surface area (Å²) >= 11 is 0. The summed E-state index contributed by atoms with van der Waals surface area (Å²) in [5, 5.41) is 10.9. The maximum Gasteiger partial charge on any atom is 0.105 e. The van der Waals surface area contributed by atoms with Gasteiger partial charge in [-0.05, 0) is 41.2 Å². The predicted molar refractivity (Wildman–Crippen MR) is 86.5 cm³/mol. The van der Waals surface area contributed by atoms with Crippen molar-refractivity contribution in [2.24, 2.45) is 0 Å². The molecule has 0 aliphatic heterocycles. The summed E-state index contributed by atoms with van der Waals surface area (Å²) in [5.74, 6) is 0. The molecule has 1 aromatic heterocycles. The Balaban J connectivity index is 1.69. The maximum absolute atomic E-state index is 10.9. The lowest BCUT2D eigenvalue weighted by Gasteiger charge is -2.25. The van der Waals surface area contributed by atoms with Gasteiger partial charge in [0, 0.05) is 12.4 Å². The Morgan fingerprint density at radius 3 is 2.77 bits per heavy atom. The van der Waals surface area contributed by atoms with E-state index in [9.17, 15) is 5.11 Å². The molecule has 3 aromatic rings. The van der Waals surface area contributed by atoms with Crippen LogP contribution in [0.1, 0.15) is 23.6 Å². The third kappa shape index (κ3) is 2.14. The highest BCUT2D eigenvalue weighted by atomic mass is 16.3. The summed E-state index contributed by atoms with van der Waals surface area (Å²) < 4.78 is 1.90. The van der Waals surface area contributed by atoms with E-state index in [1.54, 1.807) is 12.5 Å². The summed E-state index contributed by atoms with van der Waals surface area (Å²) in [6.07, 6.45) is 6.28. The molecule has 2 aromatic carbocycles. The molecule has 3 heteroatoms. The van der Waals surface area contributed by atoms with Crippen LogP contribution in [0.4, 0.5) is 0 Å². The fraction of sp³-hybridized carbons (Fsp3) is 0.211. The quantitative estimate of drug-likeness (QED) is 0.628. The van der Waals surface area contributed by atoms with E-state index < -0.39 is 5.60 Å². The summed E-state index contributed by atoms with van der Waals surface area (Å²) in [6, 6.07) is 14.8. The monoisotopic (exact) mass is 290 g/mol. The highest BCUT2D eigenvalue weighted by molar-refractivity contribution is 5.77. The van der Waals surface area contributed by atoms with Gasteiger partial charge in [0.05, 0.1) is 12.9 Å². The molecule has 0 radical (unpaired) electrons. The summed E-state index contributed by atoms with van der Waals surface area (Å²) in [6.45, 7) is 2.36. The van der Waals surface area contributed by atoms with Gasteiger partial charge in [-0.2, -0.15) is 0 Å². The van der Waals surface area contributed by atoms with Gasteiger partial charge in [-0.15, -0.1) is 0 Å². The number of rotatable bonds is 3. The first-order valence-corrected chi connectivity index (χ1v) is 7.53. The second-order valence-corrected chi connectivity index (χ2v) is 6.21. The summed E-state index contributed by atoms with van der Waals surface area (Å²) in [4.78, 5) is 4.04. The van der Waals surface area contributed by atoms with Crippen LogP contribution in [-0.4, -0.2) is 14.7 Å². The third-order valence-corrected chi connectivity index (χ3v) is 4.47. The van der Waals surface area contributed by atoms with Gasteiger partial charge in [-0.3, -0.25) is 0 Å². The van der Waals surface area contributed by atoms with Gasteiger partial charge in [-0.1, -0.05) is 42.5 Å². The van der Waals surface area contributed by atoms with Crippen LogP contribution in [-0.2, 0) is 18.6 Å². The lowest BCUT2D eigenvalue weighted by atomic mass is 9.92. The average molecular weight is 290 g/mol. The fourth-order valence-electron chi connectivity index (χ4n) is 3.31. The molecule has 110 valence electrons. The molecule has 0 amide bonds. The van der Waals surface area contributed by atoms with Gasteiger partial charge < -0.3 is 9.67 Å². The van der Waals surface area contributed by atoms with Crippen LogP contribution in [0.25, 0.3) is 11.1 Å². The lowest BCUT2D eigenvalue weighted by Crippen LogP contribution is -2.27. The van der Waals surface area contributed by atoms with Crippen molar-refractivity contribution in [2.75, 3.05) is 0 Å². The molecule has 0 bridgehead atoms. The Hall–Kier alpha value is -2.39. The van der Waals surface area contributed by atoms with Crippen molar-refractivity contribution >= 4 is 0 Å². The largest absolute Gasteiger partial charge is 0.384 e. The minimum atomic E-state index is -0.912. The number of nitrogens with zero attached hydrogens (tertiary/aromatic N) is 2. The van der Waals surface area contributed by atoms with E-state index >= 15 is 0 Å². The molecule has 0 saturated carbocycles. The number of aliphatic hydroxyl groups is 1. The van der Waals surface area contributed by atoms with Crippen molar-refractivity contribution in [3.63, 3.8) is 0 Å². The number of fused-ring (bicyclic) bond motifs is 3. The lowest BCUT2D eigenvalue weighted by molar-refractivity contribution is 0.0382. The fourth-order valence-corrected chi connectivity index (χ4v) is 3.31. The Bertz CT molecular complexity index is 819. The first-order chi connectivity index (χ1) is 10.6. The highest BCUT2D eigenvalue weighted by Crippen LogP contribution is 2.38. The zero-order chi connectivity index (χ0) is 15.2. The second kappa shape index (κ2) is 4.82. The van der Waals surface area contributed by atoms with Crippen molar-refractivity contribution < 1.29 is 5.11 Å². The van der Waals surface area contributed by atoms with E-state index in [4.69, 9.17) is 0 Å². The SMILES string of the molecule is CC(O)(Cn1ccnc1)c1ccc2c(c1)Cc1ccccc1-2.